The number of ether oxygens (including phenoxy) is 1. The van der Waals surface area contributed by atoms with E-state index in [1.54, 1.807) is 60.7 Å². The number of amides is 2. The van der Waals surface area contributed by atoms with Crippen molar-refractivity contribution in [2.75, 3.05) is 17.2 Å². The number of hydrogen-bond donors (Lipinski definition) is 2. The molecule has 6 nitrogen and oxygen atoms in total. The molecule has 32 heavy (non-hydrogen) atoms. The summed E-state index contributed by atoms with van der Waals surface area (Å²) in [5.74, 6) is 0.308. The minimum atomic E-state index is -0.360. The van der Waals surface area contributed by atoms with Crippen molar-refractivity contribution in [2.24, 2.45) is 0 Å². The van der Waals surface area contributed by atoms with E-state index in [9.17, 15) is 9.59 Å². The topological polar surface area (TPSA) is 80.6 Å². The lowest BCUT2D eigenvalue weighted by molar-refractivity contribution is 0.0995. The normalized spacial score (nSPS) is 10.4. The van der Waals surface area contributed by atoms with E-state index >= 15 is 0 Å². The molecule has 3 aromatic carbocycles. The van der Waals surface area contributed by atoms with Gasteiger partial charge in [-0.25, -0.2) is 0 Å². The van der Waals surface area contributed by atoms with Gasteiger partial charge in [0, 0.05) is 23.4 Å². The number of carbonyl (C=O) groups is 2. The van der Waals surface area contributed by atoms with Gasteiger partial charge in [-0.2, -0.15) is 0 Å². The van der Waals surface area contributed by atoms with Crippen LogP contribution in [0.5, 0.6) is 5.75 Å². The van der Waals surface area contributed by atoms with Crippen molar-refractivity contribution >= 4 is 23.2 Å². The Kier molecular flexibility index (Phi) is 6.63. The molecule has 160 valence electrons. The number of benzene rings is 3. The van der Waals surface area contributed by atoms with E-state index in [2.05, 4.69) is 22.8 Å². The first-order chi connectivity index (χ1) is 15.7. The SMILES string of the molecule is O=C(Nc1cccc(NC(=O)c2ccco2)c1)c1ccc(OCCc2ccccc2)cc1. The Labute approximate surface area is 185 Å². The summed E-state index contributed by atoms with van der Waals surface area (Å²) in [6.45, 7) is 0.562. The molecule has 0 bridgehead atoms. The average molecular weight is 426 g/mol. The Hall–Kier alpha value is -4.32. The standard InChI is InChI=1S/C26H22N2O4/c29-25(20-11-13-23(14-12-20)31-17-15-19-6-2-1-3-7-19)27-21-8-4-9-22(18-21)28-26(30)24-10-5-16-32-24/h1-14,16,18H,15,17H2,(H,27,29)(H,28,30). The maximum absolute atomic E-state index is 12.6. The van der Waals surface area contributed by atoms with Crippen LogP contribution in [0.1, 0.15) is 26.5 Å². The predicted molar refractivity (Wildman–Crippen MR) is 123 cm³/mol. The van der Waals surface area contributed by atoms with E-state index in [0.29, 0.717) is 29.3 Å². The van der Waals surface area contributed by atoms with Crippen molar-refractivity contribution in [1.82, 2.24) is 0 Å². The third-order valence-electron chi connectivity index (χ3n) is 4.74. The summed E-state index contributed by atoms with van der Waals surface area (Å²) in [5.41, 5.74) is 2.83. The maximum Gasteiger partial charge on any atom is 0.291 e. The Bertz CT molecular complexity index is 1170. The lowest BCUT2D eigenvalue weighted by Gasteiger charge is -2.09. The molecule has 0 unspecified atom stereocenters. The van der Waals surface area contributed by atoms with Crippen LogP contribution in [0.25, 0.3) is 0 Å². The van der Waals surface area contributed by atoms with Crippen LogP contribution in [-0.2, 0) is 6.42 Å². The second kappa shape index (κ2) is 10.1. The van der Waals surface area contributed by atoms with Crippen molar-refractivity contribution in [2.45, 2.75) is 6.42 Å². The number of anilines is 2. The fraction of sp³-hybridized carbons (Fsp3) is 0.0769. The summed E-state index contributed by atoms with van der Waals surface area (Å²) in [4.78, 5) is 24.7. The van der Waals surface area contributed by atoms with E-state index in [1.807, 2.05) is 18.2 Å². The molecule has 0 aliphatic heterocycles. The molecule has 6 heteroatoms. The first-order valence-electron chi connectivity index (χ1n) is 10.2. The number of rotatable bonds is 8. The van der Waals surface area contributed by atoms with Crippen molar-refractivity contribution in [1.29, 1.82) is 0 Å². The van der Waals surface area contributed by atoms with Crippen molar-refractivity contribution < 1.29 is 18.7 Å². The van der Waals surface area contributed by atoms with Crippen molar-refractivity contribution in [3.8, 4) is 5.75 Å². The molecule has 0 aliphatic carbocycles. The summed E-state index contributed by atoms with van der Waals surface area (Å²) in [7, 11) is 0. The smallest absolute Gasteiger partial charge is 0.291 e. The molecule has 2 N–H and O–H groups in total. The van der Waals surface area contributed by atoms with E-state index < -0.39 is 0 Å². The molecule has 4 aromatic rings. The summed E-state index contributed by atoms with van der Waals surface area (Å²) < 4.78 is 10.9. The highest BCUT2D eigenvalue weighted by Crippen LogP contribution is 2.18. The summed E-state index contributed by atoms with van der Waals surface area (Å²) >= 11 is 0. The maximum atomic E-state index is 12.6. The number of nitrogens with one attached hydrogen (secondary N) is 2. The monoisotopic (exact) mass is 426 g/mol. The molecule has 0 atom stereocenters. The highest BCUT2D eigenvalue weighted by Gasteiger charge is 2.10. The third kappa shape index (κ3) is 5.64. The highest BCUT2D eigenvalue weighted by atomic mass is 16.5. The molecule has 0 saturated carbocycles. The van der Waals surface area contributed by atoms with E-state index in [4.69, 9.17) is 9.15 Å². The molecular formula is C26H22N2O4. The van der Waals surface area contributed by atoms with E-state index in [1.165, 1.54) is 11.8 Å². The molecule has 1 heterocycles. The van der Waals surface area contributed by atoms with Crippen LogP contribution in [0, 0.1) is 0 Å². The number of furan rings is 1. The minimum absolute atomic E-state index is 0.213. The van der Waals surface area contributed by atoms with Gasteiger partial charge >= 0.3 is 0 Å². The number of carbonyl (C=O) groups excluding carboxylic acids is 2. The molecule has 2 amide bonds. The second-order valence-electron chi connectivity index (χ2n) is 7.07. The van der Waals surface area contributed by atoms with Gasteiger partial charge in [0.05, 0.1) is 12.9 Å². The van der Waals surface area contributed by atoms with Gasteiger partial charge in [-0.15, -0.1) is 0 Å². The van der Waals surface area contributed by atoms with E-state index in [0.717, 1.165) is 6.42 Å². The van der Waals surface area contributed by atoms with Crippen LogP contribution in [-0.4, -0.2) is 18.4 Å². The number of hydrogen-bond acceptors (Lipinski definition) is 4. The predicted octanol–water partition coefficient (Wildman–Crippen LogP) is 5.41. The Morgan fingerprint density at radius 1 is 0.750 bits per heavy atom. The van der Waals surface area contributed by atoms with Gasteiger partial charge in [0.15, 0.2) is 5.76 Å². The zero-order valence-corrected chi connectivity index (χ0v) is 17.3. The van der Waals surface area contributed by atoms with E-state index in [-0.39, 0.29) is 17.6 Å². The third-order valence-corrected chi connectivity index (χ3v) is 4.74. The van der Waals surface area contributed by atoms with Crippen LogP contribution < -0.4 is 15.4 Å². The van der Waals surface area contributed by atoms with Crippen molar-refractivity contribution in [3.05, 3.63) is 114 Å². The lowest BCUT2D eigenvalue weighted by Crippen LogP contribution is -2.13. The molecule has 4 rings (SSSR count). The Morgan fingerprint density at radius 2 is 1.47 bits per heavy atom. The lowest BCUT2D eigenvalue weighted by atomic mass is 10.1. The van der Waals surface area contributed by atoms with Crippen LogP contribution in [0.3, 0.4) is 0 Å². The largest absolute Gasteiger partial charge is 0.493 e. The van der Waals surface area contributed by atoms with Gasteiger partial charge in [-0.05, 0) is 60.2 Å². The molecule has 0 saturated heterocycles. The van der Waals surface area contributed by atoms with Gasteiger partial charge < -0.3 is 19.8 Å². The molecule has 0 spiro atoms. The molecule has 0 radical (unpaired) electrons. The Morgan fingerprint density at radius 3 is 2.16 bits per heavy atom. The average Bonchev–Trinajstić information content (AvgIpc) is 3.36. The summed E-state index contributed by atoms with van der Waals surface area (Å²) in [5, 5.41) is 5.57. The molecule has 0 aliphatic rings. The molecule has 1 aromatic heterocycles. The van der Waals surface area contributed by atoms with Crippen LogP contribution in [0.4, 0.5) is 11.4 Å². The fourth-order valence-corrected chi connectivity index (χ4v) is 3.11. The first kappa shape index (κ1) is 20.9. The summed E-state index contributed by atoms with van der Waals surface area (Å²) in [6.07, 6.45) is 2.25. The Balaban J connectivity index is 1.31. The van der Waals surface area contributed by atoms with Gasteiger partial charge in [0.1, 0.15) is 5.75 Å². The van der Waals surface area contributed by atoms with Crippen LogP contribution in [0.2, 0.25) is 0 Å². The highest BCUT2D eigenvalue weighted by molar-refractivity contribution is 6.05. The van der Waals surface area contributed by atoms with Crippen LogP contribution in [0.15, 0.2) is 102 Å². The van der Waals surface area contributed by atoms with Crippen molar-refractivity contribution in [3.63, 3.8) is 0 Å². The summed E-state index contributed by atoms with van der Waals surface area (Å²) in [6, 6.07) is 27.3. The molecule has 0 fully saturated rings. The van der Waals surface area contributed by atoms with Gasteiger partial charge in [0.2, 0.25) is 0 Å². The fourth-order valence-electron chi connectivity index (χ4n) is 3.11. The first-order valence-corrected chi connectivity index (χ1v) is 10.2. The van der Waals surface area contributed by atoms with Gasteiger partial charge in [0.25, 0.3) is 11.8 Å². The zero-order valence-electron chi connectivity index (χ0n) is 17.3. The minimum Gasteiger partial charge on any atom is -0.493 e. The second-order valence-corrected chi connectivity index (χ2v) is 7.07. The zero-order chi connectivity index (χ0) is 22.2. The van der Waals surface area contributed by atoms with Gasteiger partial charge in [-0.3, -0.25) is 9.59 Å². The quantitative estimate of drug-likeness (QED) is 0.395. The molecular weight excluding hydrogens is 404 g/mol. The van der Waals surface area contributed by atoms with Gasteiger partial charge in [-0.1, -0.05) is 36.4 Å². The van der Waals surface area contributed by atoms with Crippen LogP contribution >= 0.6 is 0 Å².